The number of benzene rings is 2. The van der Waals surface area contributed by atoms with E-state index in [2.05, 4.69) is 11.3 Å². The van der Waals surface area contributed by atoms with Crippen LogP contribution in [0.15, 0.2) is 61.2 Å². The Morgan fingerprint density at radius 1 is 1.18 bits per heavy atom. The third kappa shape index (κ3) is 6.03. The average molecular weight is 524 g/mol. The zero-order valence-electron chi connectivity index (χ0n) is 19.8. The Kier molecular flexibility index (Phi) is 8.51. The summed E-state index contributed by atoms with van der Waals surface area (Å²) in [4.78, 5) is 16.0. The number of hydrogen-bond donors (Lipinski definition) is 1. The summed E-state index contributed by atoms with van der Waals surface area (Å²) in [5, 5.41) is 1.24. The molecule has 3 rings (SSSR count). The standard InChI is InChI=1S/C26H32Cl2N2O3S/c1-5-14-26(3)16-23(19-8-7-9-21(28)15-19)24(18-10-12-20(27)13-11-18)30(25(26)31)22(6-2)17-29-34(4,32)33/h5,7-13,15,22-24,29H,1,6,14,16-17H2,2-4H3. The first-order valence-corrected chi connectivity index (χ1v) is 14.0. The number of carbonyl (C=O) groups excluding carboxylic acids is 1. The number of allylic oxidation sites excluding steroid dienone is 1. The number of rotatable bonds is 9. The minimum absolute atomic E-state index is 0.00669. The molecule has 0 radical (unpaired) electrons. The van der Waals surface area contributed by atoms with Crippen LogP contribution in [0.3, 0.4) is 0 Å². The van der Waals surface area contributed by atoms with Gasteiger partial charge in [0.15, 0.2) is 0 Å². The Labute approximate surface area is 213 Å². The fraction of sp³-hybridized carbons (Fsp3) is 0.423. The molecule has 34 heavy (non-hydrogen) atoms. The molecule has 1 N–H and O–H groups in total. The molecule has 2 aromatic carbocycles. The van der Waals surface area contributed by atoms with Gasteiger partial charge in [-0.3, -0.25) is 4.79 Å². The van der Waals surface area contributed by atoms with E-state index in [0.29, 0.717) is 29.3 Å². The van der Waals surface area contributed by atoms with Crippen molar-refractivity contribution in [3.05, 3.63) is 82.4 Å². The minimum atomic E-state index is -3.42. The number of piperidine rings is 1. The molecule has 0 bridgehead atoms. The maximum absolute atomic E-state index is 14.1. The van der Waals surface area contributed by atoms with Crippen LogP contribution in [0.25, 0.3) is 0 Å². The quantitative estimate of drug-likeness (QED) is 0.413. The number of sulfonamides is 1. The molecule has 2 aromatic rings. The first-order chi connectivity index (χ1) is 16.0. The Balaban J connectivity index is 2.20. The zero-order chi connectivity index (χ0) is 25.1. The number of hydrogen-bond acceptors (Lipinski definition) is 3. The van der Waals surface area contributed by atoms with E-state index in [1.54, 1.807) is 6.08 Å². The summed E-state index contributed by atoms with van der Waals surface area (Å²) in [6, 6.07) is 14.6. The van der Waals surface area contributed by atoms with Gasteiger partial charge in [0, 0.05) is 28.5 Å². The van der Waals surface area contributed by atoms with Gasteiger partial charge in [-0.05, 0) is 54.7 Å². The van der Waals surface area contributed by atoms with Gasteiger partial charge in [-0.25, -0.2) is 13.1 Å². The largest absolute Gasteiger partial charge is 0.330 e. The van der Waals surface area contributed by atoms with Crippen molar-refractivity contribution in [2.75, 3.05) is 12.8 Å². The molecule has 1 amide bonds. The molecule has 1 aliphatic heterocycles. The van der Waals surface area contributed by atoms with Crippen LogP contribution in [0.1, 0.15) is 56.2 Å². The molecule has 5 nitrogen and oxygen atoms in total. The van der Waals surface area contributed by atoms with Crippen molar-refractivity contribution in [1.82, 2.24) is 9.62 Å². The topological polar surface area (TPSA) is 66.5 Å². The number of halogens is 2. The highest BCUT2D eigenvalue weighted by Crippen LogP contribution is 2.52. The average Bonchev–Trinajstić information content (AvgIpc) is 2.77. The third-order valence-corrected chi connectivity index (χ3v) is 7.81. The Morgan fingerprint density at radius 3 is 2.41 bits per heavy atom. The van der Waals surface area contributed by atoms with Crippen LogP contribution in [0, 0.1) is 5.41 Å². The van der Waals surface area contributed by atoms with Gasteiger partial charge < -0.3 is 4.90 Å². The number of nitrogens with one attached hydrogen (secondary N) is 1. The lowest BCUT2D eigenvalue weighted by atomic mass is 9.67. The zero-order valence-corrected chi connectivity index (χ0v) is 22.1. The predicted molar refractivity (Wildman–Crippen MR) is 140 cm³/mol. The molecule has 0 aliphatic carbocycles. The van der Waals surface area contributed by atoms with Crippen molar-refractivity contribution in [1.29, 1.82) is 0 Å². The summed E-state index contributed by atoms with van der Waals surface area (Å²) >= 11 is 12.6. The first-order valence-electron chi connectivity index (χ1n) is 11.4. The summed E-state index contributed by atoms with van der Waals surface area (Å²) in [7, 11) is -3.42. The Bertz CT molecular complexity index is 1140. The van der Waals surface area contributed by atoms with Gasteiger partial charge in [0.05, 0.1) is 17.7 Å². The molecule has 4 atom stereocenters. The Morgan fingerprint density at radius 2 is 1.85 bits per heavy atom. The van der Waals surface area contributed by atoms with Gasteiger partial charge in [-0.1, -0.05) is 67.4 Å². The van der Waals surface area contributed by atoms with Crippen molar-refractivity contribution in [3.8, 4) is 0 Å². The third-order valence-electron chi connectivity index (χ3n) is 6.63. The van der Waals surface area contributed by atoms with Crippen molar-refractivity contribution >= 4 is 39.1 Å². The predicted octanol–water partition coefficient (Wildman–Crippen LogP) is 5.96. The summed E-state index contributed by atoms with van der Waals surface area (Å²) < 4.78 is 26.4. The molecule has 1 saturated heterocycles. The lowest BCUT2D eigenvalue weighted by Crippen LogP contribution is -2.57. The molecule has 1 fully saturated rings. The van der Waals surface area contributed by atoms with Crippen LogP contribution < -0.4 is 4.72 Å². The van der Waals surface area contributed by atoms with E-state index in [4.69, 9.17) is 23.2 Å². The van der Waals surface area contributed by atoms with Crippen LogP contribution in [0.5, 0.6) is 0 Å². The van der Waals surface area contributed by atoms with E-state index in [0.717, 1.165) is 17.4 Å². The van der Waals surface area contributed by atoms with Gasteiger partial charge in [-0.15, -0.1) is 6.58 Å². The Hall–Kier alpha value is -1.86. The van der Waals surface area contributed by atoms with Gasteiger partial charge in [0.1, 0.15) is 0 Å². The van der Waals surface area contributed by atoms with Crippen LogP contribution in [0.2, 0.25) is 10.0 Å². The minimum Gasteiger partial charge on any atom is -0.330 e. The van der Waals surface area contributed by atoms with Gasteiger partial charge in [0.25, 0.3) is 0 Å². The van der Waals surface area contributed by atoms with Gasteiger partial charge in [0.2, 0.25) is 15.9 Å². The molecular weight excluding hydrogens is 491 g/mol. The summed E-state index contributed by atoms with van der Waals surface area (Å²) in [5.74, 6) is -0.0670. The van der Waals surface area contributed by atoms with Crippen LogP contribution in [0.4, 0.5) is 0 Å². The number of carbonyl (C=O) groups is 1. The molecule has 1 aliphatic rings. The number of likely N-dealkylation sites (tertiary alicyclic amines) is 1. The highest BCUT2D eigenvalue weighted by molar-refractivity contribution is 7.88. The van der Waals surface area contributed by atoms with E-state index in [9.17, 15) is 13.2 Å². The summed E-state index contributed by atoms with van der Waals surface area (Å²) in [6.45, 7) is 7.97. The van der Waals surface area contributed by atoms with E-state index < -0.39 is 15.4 Å². The van der Waals surface area contributed by atoms with Crippen molar-refractivity contribution < 1.29 is 13.2 Å². The maximum Gasteiger partial charge on any atom is 0.229 e. The van der Waals surface area contributed by atoms with E-state index in [1.165, 1.54) is 0 Å². The lowest BCUT2D eigenvalue weighted by molar-refractivity contribution is -0.154. The van der Waals surface area contributed by atoms with Crippen LogP contribution in [-0.2, 0) is 14.8 Å². The fourth-order valence-electron chi connectivity index (χ4n) is 4.98. The first kappa shape index (κ1) is 26.7. The van der Waals surface area contributed by atoms with Crippen molar-refractivity contribution in [2.24, 2.45) is 5.41 Å². The monoisotopic (exact) mass is 522 g/mol. The second-order valence-electron chi connectivity index (χ2n) is 9.31. The molecular formula is C26H32Cl2N2O3S. The van der Waals surface area contributed by atoms with Crippen molar-refractivity contribution in [2.45, 2.75) is 51.1 Å². The second kappa shape index (κ2) is 10.8. The summed E-state index contributed by atoms with van der Waals surface area (Å²) in [5.41, 5.74) is 1.29. The molecule has 184 valence electrons. The molecule has 8 heteroatoms. The maximum atomic E-state index is 14.1. The normalized spacial score (nSPS) is 24.1. The molecule has 0 aromatic heterocycles. The molecule has 4 unspecified atom stereocenters. The van der Waals surface area contributed by atoms with Gasteiger partial charge >= 0.3 is 0 Å². The smallest absolute Gasteiger partial charge is 0.229 e. The fourth-order valence-corrected chi connectivity index (χ4v) is 5.80. The number of nitrogens with zero attached hydrogens (tertiary/aromatic N) is 1. The van der Waals surface area contributed by atoms with E-state index in [-0.39, 0.29) is 30.5 Å². The summed E-state index contributed by atoms with van der Waals surface area (Å²) in [6.07, 6.45) is 4.62. The molecule has 0 spiro atoms. The highest BCUT2D eigenvalue weighted by Gasteiger charge is 2.50. The van der Waals surface area contributed by atoms with Crippen LogP contribution in [-0.4, -0.2) is 38.1 Å². The van der Waals surface area contributed by atoms with E-state index in [1.807, 2.05) is 67.3 Å². The molecule has 0 saturated carbocycles. The lowest BCUT2D eigenvalue weighted by Gasteiger charge is -2.52. The van der Waals surface area contributed by atoms with Crippen molar-refractivity contribution in [3.63, 3.8) is 0 Å². The van der Waals surface area contributed by atoms with Gasteiger partial charge in [-0.2, -0.15) is 0 Å². The molecule has 1 heterocycles. The second-order valence-corrected chi connectivity index (χ2v) is 12.0. The SMILES string of the molecule is C=CCC1(C)CC(c2cccc(Cl)c2)C(c2ccc(Cl)cc2)N(C(CC)CNS(C)(=O)=O)C1=O. The van der Waals surface area contributed by atoms with E-state index >= 15 is 0 Å². The number of amides is 1. The van der Waals surface area contributed by atoms with Crippen LogP contribution >= 0.6 is 23.2 Å². The highest BCUT2D eigenvalue weighted by atomic mass is 35.5.